The van der Waals surface area contributed by atoms with Gasteiger partial charge in [-0.3, -0.25) is 0 Å². The van der Waals surface area contributed by atoms with Crippen LogP contribution in [0.4, 0.5) is 8.78 Å². The Morgan fingerprint density at radius 2 is 1.87 bits per heavy atom. The summed E-state index contributed by atoms with van der Waals surface area (Å²) in [6.07, 6.45) is -3.78. The van der Waals surface area contributed by atoms with E-state index in [9.17, 15) is 13.6 Å². The van der Waals surface area contributed by atoms with Crippen molar-refractivity contribution in [2.24, 2.45) is 0 Å². The number of carboxylic acids is 1. The Bertz CT molecular complexity index is 447. The molecule has 0 spiro atoms. The third kappa shape index (κ3) is 1.68. The van der Waals surface area contributed by atoms with E-state index in [0.29, 0.717) is 0 Å². The zero-order chi connectivity index (χ0) is 11.2. The first-order valence-electron chi connectivity index (χ1n) is 3.72. The summed E-state index contributed by atoms with van der Waals surface area (Å²) in [6.45, 7) is 0. The quantitative estimate of drug-likeness (QED) is 0.813. The maximum atomic E-state index is 12.6. The monoisotopic (exact) mass is 236 g/mol. The second-order valence-corrected chi connectivity index (χ2v) is 3.16. The molecule has 0 amide bonds. The van der Waals surface area contributed by atoms with E-state index in [1.165, 1.54) is 0 Å². The van der Waals surface area contributed by atoms with Crippen LogP contribution in [0.15, 0.2) is 12.1 Å². The first kappa shape index (κ1) is 9.97. The molecule has 1 N–H and O–H groups in total. The Morgan fingerprint density at radius 3 is 2.40 bits per heavy atom. The number of ether oxygens (including phenoxy) is 2. The van der Waals surface area contributed by atoms with Crippen LogP contribution in [0.5, 0.6) is 11.5 Å². The van der Waals surface area contributed by atoms with E-state index in [1.54, 1.807) is 0 Å². The molecule has 7 heteroatoms. The van der Waals surface area contributed by atoms with Crippen molar-refractivity contribution in [3.8, 4) is 11.5 Å². The molecule has 0 aromatic heterocycles. The Hall–Kier alpha value is -1.56. The van der Waals surface area contributed by atoms with Crippen LogP contribution in [0.25, 0.3) is 0 Å². The molecular weight excluding hydrogens is 234 g/mol. The molecule has 0 radical (unpaired) electrons. The van der Waals surface area contributed by atoms with Crippen molar-refractivity contribution in [1.82, 2.24) is 0 Å². The number of benzene rings is 1. The van der Waals surface area contributed by atoms with Crippen molar-refractivity contribution in [2.45, 2.75) is 6.29 Å². The first-order chi connectivity index (χ1) is 6.89. The van der Waals surface area contributed by atoms with Crippen LogP contribution in [0.3, 0.4) is 0 Å². The molecule has 0 fully saturated rings. The predicted molar refractivity (Wildman–Crippen MR) is 44.6 cm³/mol. The normalized spacial score (nSPS) is 16.5. The van der Waals surface area contributed by atoms with Gasteiger partial charge in [0.15, 0.2) is 11.5 Å². The van der Waals surface area contributed by atoms with E-state index in [1.807, 2.05) is 0 Å². The number of rotatable bonds is 1. The zero-order valence-electron chi connectivity index (χ0n) is 6.96. The summed E-state index contributed by atoms with van der Waals surface area (Å²) in [5.41, 5.74) is -0.322. The lowest BCUT2D eigenvalue weighted by molar-refractivity contribution is -0.286. The molecule has 2 rings (SSSR count). The summed E-state index contributed by atoms with van der Waals surface area (Å²) in [5, 5.41) is 8.47. The molecule has 1 aromatic carbocycles. The van der Waals surface area contributed by atoms with Gasteiger partial charge in [-0.1, -0.05) is 11.6 Å². The Kier molecular flexibility index (Phi) is 1.97. The molecule has 0 aliphatic carbocycles. The molecule has 1 heterocycles. The number of fused-ring (bicyclic) bond motifs is 1. The summed E-state index contributed by atoms with van der Waals surface area (Å²) < 4.78 is 33.3. The fourth-order valence-electron chi connectivity index (χ4n) is 1.14. The zero-order valence-corrected chi connectivity index (χ0v) is 7.72. The lowest BCUT2D eigenvalue weighted by Gasteiger charge is -2.04. The topological polar surface area (TPSA) is 55.8 Å². The Balaban J connectivity index is 2.50. The SMILES string of the molecule is O=C(O)c1cc2c(cc1Cl)OC(F)(F)O2. The van der Waals surface area contributed by atoms with Gasteiger partial charge in [0, 0.05) is 12.1 Å². The number of hydrogen-bond acceptors (Lipinski definition) is 3. The third-order valence-corrected chi connectivity index (χ3v) is 2.03. The summed E-state index contributed by atoms with van der Waals surface area (Å²) in [5.74, 6) is -1.96. The van der Waals surface area contributed by atoms with Crippen LogP contribution in [0, 0.1) is 0 Å². The summed E-state index contributed by atoms with van der Waals surface area (Å²) in [6, 6.07) is 1.86. The second-order valence-electron chi connectivity index (χ2n) is 2.75. The standard InChI is InChI=1S/C8H3ClF2O4/c9-4-2-6-5(1-3(4)7(12)13)14-8(10,11)15-6/h1-2H,(H,12,13). The number of aromatic carboxylic acids is 1. The minimum Gasteiger partial charge on any atom is -0.478 e. The number of hydrogen-bond donors (Lipinski definition) is 1. The number of halogens is 3. The molecular formula is C8H3ClF2O4. The van der Waals surface area contributed by atoms with E-state index >= 15 is 0 Å². The van der Waals surface area contributed by atoms with E-state index in [-0.39, 0.29) is 22.1 Å². The third-order valence-electron chi connectivity index (χ3n) is 1.72. The maximum Gasteiger partial charge on any atom is 0.586 e. The number of carboxylic acid groups (broad SMARTS) is 1. The van der Waals surface area contributed by atoms with E-state index in [0.717, 1.165) is 12.1 Å². The van der Waals surface area contributed by atoms with Crippen molar-refractivity contribution in [3.05, 3.63) is 22.7 Å². The molecule has 15 heavy (non-hydrogen) atoms. The minimum atomic E-state index is -3.78. The van der Waals surface area contributed by atoms with Gasteiger partial charge in [-0.2, -0.15) is 0 Å². The van der Waals surface area contributed by atoms with E-state index < -0.39 is 12.3 Å². The Morgan fingerprint density at radius 1 is 1.33 bits per heavy atom. The van der Waals surface area contributed by atoms with Crippen LogP contribution in [0.1, 0.15) is 10.4 Å². The predicted octanol–water partition coefficient (Wildman–Crippen LogP) is 2.36. The van der Waals surface area contributed by atoms with Gasteiger partial charge in [-0.05, 0) is 0 Å². The number of alkyl halides is 2. The van der Waals surface area contributed by atoms with Crippen molar-refractivity contribution < 1.29 is 28.2 Å². The fraction of sp³-hybridized carbons (Fsp3) is 0.125. The van der Waals surface area contributed by atoms with Gasteiger partial charge in [0.25, 0.3) is 0 Å². The lowest BCUT2D eigenvalue weighted by atomic mass is 10.2. The van der Waals surface area contributed by atoms with Crippen molar-refractivity contribution in [3.63, 3.8) is 0 Å². The molecule has 0 atom stereocenters. The van der Waals surface area contributed by atoms with Gasteiger partial charge >= 0.3 is 12.3 Å². The van der Waals surface area contributed by atoms with Crippen LogP contribution < -0.4 is 9.47 Å². The Labute approximate surface area is 87.0 Å². The summed E-state index contributed by atoms with van der Waals surface area (Å²) >= 11 is 5.53. The van der Waals surface area contributed by atoms with E-state index in [4.69, 9.17) is 16.7 Å². The average Bonchev–Trinajstić information content (AvgIpc) is 2.36. The highest BCUT2D eigenvalue weighted by Gasteiger charge is 2.44. The van der Waals surface area contributed by atoms with E-state index in [2.05, 4.69) is 9.47 Å². The minimum absolute atomic E-state index is 0.192. The smallest absolute Gasteiger partial charge is 0.478 e. The van der Waals surface area contributed by atoms with Gasteiger partial charge in [0.05, 0.1) is 10.6 Å². The molecule has 0 unspecified atom stereocenters. The molecule has 1 aliphatic heterocycles. The highest BCUT2D eigenvalue weighted by atomic mass is 35.5. The molecule has 1 aliphatic rings. The largest absolute Gasteiger partial charge is 0.586 e. The van der Waals surface area contributed by atoms with Crippen molar-refractivity contribution in [2.75, 3.05) is 0 Å². The van der Waals surface area contributed by atoms with Crippen LogP contribution in [-0.2, 0) is 0 Å². The average molecular weight is 237 g/mol. The van der Waals surface area contributed by atoms with Gasteiger partial charge < -0.3 is 14.6 Å². The number of carbonyl (C=O) groups is 1. The molecule has 0 bridgehead atoms. The highest BCUT2D eigenvalue weighted by Crippen LogP contribution is 2.43. The molecule has 0 saturated heterocycles. The second kappa shape index (κ2) is 2.96. The fourth-order valence-corrected chi connectivity index (χ4v) is 1.37. The summed E-state index contributed by atoms with van der Waals surface area (Å²) in [4.78, 5) is 10.6. The van der Waals surface area contributed by atoms with Gasteiger partial charge in [-0.25, -0.2) is 4.79 Å². The summed E-state index contributed by atoms with van der Waals surface area (Å²) in [7, 11) is 0. The molecule has 0 saturated carbocycles. The molecule has 80 valence electrons. The van der Waals surface area contributed by atoms with Crippen LogP contribution >= 0.6 is 11.6 Å². The van der Waals surface area contributed by atoms with Crippen LogP contribution in [0.2, 0.25) is 5.02 Å². The maximum absolute atomic E-state index is 12.6. The van der Waals surface area contributed by atoms with Gasteiger partial charge in [0.1, 0.15) is 0 Å². The van der Waals surface area contributed by atoms with Gasteiger partial charge in [-0.15, -0.1) is 8.78 Å². The first-order valence-corrected chi connectivity index (χ1v) is 4.09. The van der Waals surface area contributed by atoms with Gasteiger partial charge in [0.2, 0.25) is 0 Å². The lowest BCUT2D eigenvalue weighted by Crippen LogP contribution is -2.25. The molecule has 4 nitrogen and oxygen atoms in total. The molecule has 1 aromatic rings. The van der Waals surface area contributed by atoms with Crippen LogP contribution in [-0.4, -0.2) is 17.4 Å². The highest BCUT2D eigenvalue weighted by molar-refractivity contribution is 6.33. The van der Waals surface area contributed by atoms with Crippen molar-refractivity contribution in [1.29, 1.82) is 0 Å². The van der Waals surface area contributed by atoms with Crippen molar-refractivity contribution >= 4 is 17.6 Å².